The van der Waals surface area contributed by atoms with Crippen LogP contribution < -0.4 is 10.1 Å². The van der Waals surface area contributed by atoms with Crippen molar-refractivity contribution >= 4 is 0 Å². The summed E-state index contributed by atoms with van der Waals surface area (Å²) in [5, 5.41) is 3.66. The molecule has 2 rings (SSSR count). The second kappa shape index (κ2) is 7.54. The first-order chi connectivity index (χ1) is 9.24. The van der Waals surface area contributed by atoms with Crippen molar-refractivity contribution in [1.29, 1.82) is 0 Å². The summed E-state index contributed by atoms with van der Waals surface area (Å²) in [6.45, 7) is 5.32. The van der Waals surface area contributed by atoms with Crippen LogP contribution in [0.1, 0.15) is 51.5 Å². The summed E-state index contributed by atoms with van der Waals surface area (Å²) in [4.78, 5) is 0. The van der Waals surface area contributed by atoms with Gasteiger partial charge >= 0.3 is 0 Å². The molecule has 1 unspecified atom stereocenters. The van der Waals surface area contributed by atoms with Crippen LogP contribution in [0.5, 0.6) is 5.75 Å². The average Bonchev–Trinajstić information content (AvgIpc) is 2.66. The number of nitrogens with one attached hydrogen (secondary N) is 1. The summed E-state index contributed by atoms with van der Waals surface area (Å²) in [6, 6.07) is 9.31. The molecule has 0 amide bonds. The number of aryl methyl sites for hydroxylation is 1. The van der Waals surface area contributed by atoms with Crippen LogP contribution >= 0.6 is 0 Å². The molecule has 1 aliphatic rings. The highest BCUT2D eigenvalue weighted by Crippen LogP contribution is 2.17. The normalized spacial score (nSPS) is 20.3. The smallest absolute Gasteiger partial charge is 0.119 e. The molecule has 106 valence electrons. The van der Waals surface area contributed by atoms with Gasteiger partial charge in [0.1, 0.15) is 5.75 Å². The molecule has 1 atom stereocenters. The minimum atomic E-state index is 0.251. The van der Waals surface area contributed by atoms with Gasteiger partial charge in [-0.15, -0.1) is 0 Å². The minimum Gasteiger partial charge on any atom is -0.491 e. The van der Waals surface area contributed by atoms with Gasteiger partial charge in [0.25, 0.3) is 0 Å². The quantitative estimate of drug-likeness (QED) is 0.867. The number of rotatable bonds is 5. The largest absolute Gasteiger partial charge is 0.491 e. The van der Waals surface area contributed by atoms with Crippen LogP contribution in [-0.4, -0.2) is 18.7 Å². The number of hydrogen-bond donors (Lipinski definition) is 1. The van der Waals surface area contributed by atoms with Crippen LogP contribution in [0.4, 0.5) is 0 Å². The molecule has 1 heterocycles. The van der Waals surface area contributed by atoms with Gasteiger partial charge in [0, 0.05) is 6.04 Å². The van der Waals surface area contributed by atoms with Crippen molar-refractivity contribution in [3.8, 4) is 5.75 Å². The molecule has 19 heavy (non-hydrogen) atoms. The van der Waals surface area contributed by atoms with Gasteiger partial charge in [0.15, 0.2) is 0 Å². The molecule has 1 N–H and O–H groups in total. The van der Waals surface area contributed by atoms with E-state index in [9.17, 15) is 0 Å². The molecule has 0 aliphatic carbocycles. The number of ether oxygens (including phenoxy) is 1. The van der Waals surface area contributed by atoms with Crippen molar-refractivity contribution in [2.24, 2.45) is 0 Å². The van der Waals surface area contributed by atoms with Crippen LogP contribution in [0.3, 0.4) is 0 Å². The van der Waals surface area contributed by atoms with E-state index in [2.05, 4.69) is 43.4 Å². The van der Waals surface area contributed by atoms with E-state index in [4.69, 9.17) is 4.74 Å². The van der Waals surface area contributed by atoms with Gasteiger partial charge in [-0.25, -0.2) is 0 Å². The van der Waals surface area contributed by atoms with Crippen LogP contribution in [0.2, 0.25) is 0 Å². The fourth-order valence-electron chi connectivity index (χ4n) is 2.69. The summed E-state index contributed by atoms with van der Waals surface area (Å²) in [5.41, 5.74) is 1.42. The summed E-state index contributed by atoms with van der Waals surface area (Å²) < 4.78 is 5.67. The summed E-state index contributed by atoms with van der Waals surface area (Å²) >= 11 is 0. The summed E-state index contributed by atoms with van der Waals surface area (Å²) in [6.07, 6.45) is 8.14. The summed E-state index contributed by atoms with van der Waals surface area (Å²) in [7, 11) is 0. The molecule has 0 spiro atoms. The van der Waals surface area contributed by atoms with E-state index >= 15 is 0 Å². The first-order valence-corrected chi connectivity index (χ1v) is 7.73. The highest BCUT2D eigenvalue weighted by atomic mass is 16.5. The zero-order valence-corrected chi connectivity index (χ0v) is 12.3. The second-order valence-electron chi connectivity index (χ2n) is 5.85. The van der Waals surface area contributed by atoms with Crippen molar-refractivity contribution in [3.05, 3.63) is 29.8 Å². The molecule has 0 radical (unpaired) electrons. The maximum absolute atomic E-state index is 5.67. The average molecular weight is 261 g/mol. The molecule has 0 bridgehead atoms. The highest BCUT2D eigenvalue weighted by molar-refractivity contribution is 5.27. The van der Waals surface area contributed by atoms with Gasteiger partial charge < -0.3 is 10.1 Å². The Bertz CT molecular complexity index is 350. The van der Waals surface area contributed by atoms with Gasteiger partial charge in [-0.1, -0.05) is 25.0 Å². The minimum absolute atomic E-state index is 0.251. The monoisotopic (exact) mass is 261 g/mol. The topological polar surface area (TPSA) is 21.3 Å². The maximum atomic E-state index is 5.67. The Hall–Kier alpha value is -1.02. The zero-order chi connectivity index (χ0) is 13.5. The van der Waals surface area contributed by atoms with Crippen molar-refractivity contribution in [1.82, 2.24) is 5.32 Å². The third-order valence-electron chi connectivity index (χ3n) is 3.74. The van der Waals surface area contributed by atoms with Gasteiger partial charge in [0.2, 0.25) is 0 Å². The van der Waals surface area contributed by atoms with Gasteiger partial charge in [0.05, 0.1) is 6.10 Å². The predicted octanol–water partition coefficient (Wildman–Crippen LogP) is 3.94. The highest BCUT2D eigenvalue weighted by Gasteiger charge is 2.11. The fraction of sp³-hybridized carbons (Fsp3) is 0.647. The Labute approximate surface area is 117 Å². The lowest BCUT2D eigenvalue weighted by Crippen LogP contribution is -2.28. The Morgan fingerprint density at radius 3 is 2.68 bits per heavy atom. The molecule has 1 fully saturated rings. The molecule has 0 aromatic heterocycles. The molecule has 1 aliphatic heterocycles. The molecular formula is C17H27NO. The fourth-order valence-corrected chi connectivity index (χ4v) is 2.69. The maximum Gasteiger partial charge on any atom is 0.119 e. The van der Waals surface area contributed by atoms with E-state index in [1.807, 2.05) is 0 Å². The van der Waals surface area contributed by atoms with Crippen LogP contribution in [0, 0.1) is 0 Å². The lowest BCUT2D eigenvalue weighted by Gasteiger charge is -2.15. The Kier molecular flexibility index (Phi) is 5.71. The van der Waals surface area contributed by atoms with E-state index in [-0.39, 0.29) is 6.10 Å². The van der Waals surface area contributed by atoms with Crippen LogP contribution in [-0.2, 0) is 6.42 Å². The molecule has 0 saturated carbocycles. The zero-order valence-electron chi connectivity index (χ0n) is 12.3. The molecule has 1 aromatic rings. The van der Waals surface area contributed by atoms with E-state index < -0.39 is 0 Å². The Morgan fingerprint density at radius 1 is 1.16 bits per heavy atom. The Balaban J connectivity index is 1.78. The van der Waals surface area contributed by atoms with Crippen LogP contribution in [0.25, 0.3) is 0 Å². The summed E-state index contributed by atoms with van der Waals surface area (Å²) in [5.74, 6) is 0.978. The predicted molar refractivity (Wildman–Crippen MR) is 80.8 cm³/mol. The van der Waals surface area contributed by atoms with Crippen molar-refractivity contribution in [3.63, 3.8) is 0 Å². The van der Waals surface area contributed by atoms with E-state index in [1.165, 1.54) is 50.6 Å². The second-order valence-corrected chi connectivity index (χ2v) is 5.85. The third kappa shape index (κ3) is 5.23. The van der Waals surface area contributed by atoms with Crippen molar-refractivity contribution in [2.75, 3.05) is 6.54 Å². The first-order valence-electron chi connectivity index (χ1n) is 7.73. The Morgan fingerprint density at radius 2 is 1.95 bits per heavy atom. The number of benzene rings is 1. The SMILES string of the molecule is CC(C)Oc1ccc(CCC2CCCCCN2)cc1. The lowest BCUT2D eigenvalue weighted by molar-refractivity contribution is 0.242. The van der Waals surface area contributed by atoms with Crippen molar-refractivity contribution in [2.45, 2.75) is 64.5 Å². The molecule has 1 aromatic carbocycles. The van der Waals surface area contributed by atoms with Crippen molar-refractivity contribution < 1.29 is 4.74 Å². The standard InChI is InChI=1S/C17H27NO/c1-14(2)19-17-11-8-15(9-12-17)7-10-16-6-4-3-5-13-18-16/h8-9,11-12,14,16,18H,3-7,10,13H2,1-2H3. The molecule has 2 nitrogen and oxygen atoms in total. The van der Waals surface area contributed by atoms with E-state index in [1.54, 1.807) is 0 Å². The van der Waals surface area contributed by atoms with E-state index in [0.29, 0.717) is 6.04 Å². The first kappa shape index (κ1) is 14.4. The van der Waals surface area contributed by atoms with Crippen LogP contribution in [0.15, 0.2) is 24.3 Å². The van der Waals surface area contributed by atoms with Gasteiger partial charge in [-0.05, 0) is 63.8 Å². The van der Waals surface area contributed by atoms with Gasteiger partial charge in [-0.3, -0.25) is 0 Å². The molecule has 2 heteroatoms. The van der Waals surface area contributed by atoms with E-state index in [0.717, 1.165) is 5.75 Å². The lowest BCUT2D eigenvalue weighted by atomic mass is 10.0. The molecule has 1 saturated heterocycles. The van der Waals surface area contributed by atoms with Gasteiger partial charge in [-0.2, -0.15) is 0 Å². The third-order valence-corrected chi connectivity index (χ3v) is 3.74. The molecular weight excluding hydrogens is 234 g/mol. The number of hydrogen-bond acceptors (Lipinski definition) is 2.